The standard InChI is InChI=1S/C27H29N3O4/c1-19(28-27(31)20-11-4-7-14-23(20)32-2)26-29-21-12-5-6-13-22(21)30(26)17-10-18-34-25-16-9-8-15-24(25)33-3/h4-9,11-16,19H,10,17-18H2,1-3H3,(H,28,31). The van der Waals surface area contributed by atoms with Gasteiger partial charge in [0.2, 0.25) is 0 Å². The monoisotopic (exact) mass is 459 g/mol. The van der Waals surface area contributed by atoms with E-state index < -0.39 is 0 Å². The van der Waals surface area contributed by atoms with E-state index in [4.69, 9.17) is 19.2 Å². The van der Waals surface area contributed by atoms with Gasteiger partial charge in [-0.15, -0.1) is 0 Å². The number of aryl methyl sites for hydroxylation is 1. The molecule has 3 aromatic carbocycles. The highest BCUT2D eigenvalue weighted by atomic mass is 16.5. The molecule has 0 fully saturated rings. The number of aromatic nitrogens is 2. The zero-order valence-electron chi connectivity index (χ0n) is 19.7. The van der Waals surface area contributed by atoms with Crippen molar-refractivity contribution in [3.63, 3.8) is 0 Å². The van der Waals surface area contributed by atoms with Crippen molar-refractivity contribution in [3.05, 3.63) is 84.2 Å². The van der Waals surface area contributed by atoms with Crippen molar-refractivity contribution in [1.29, 1.82) is 0 Å². The Labute approximate surface area is 199 Å². The third kappa shape index (κ3) is 4.98. The fraction of sp³-hybridized carbons (Fsp3) is 0.259. The second-order valence-electron chi connectivity index (χ2n) is 7.86. The minimum atomic E-state index is -0.306. The molecule has 34 heavy (non-hydrogen) atoms. The number of methoxy groups -OCH3 is 2. The number of nitrogens with one attached hydrogen (secondary N) is 1. The number of carbonyl (C=O) groups excluding carboxylic acids is 1. The van der Waals surface area contributed by atoms with E-state index in [-0.39, 0.29) is 11.9 Å². The number of ether oxygens (including phenoxy) is 3. The Morgan fingerprint density at radius 2 is 1.56 bits per heavy atom. The van der Waals surface area contributed by atoms with Gasteiger partial charge in [-0.05, 0) is 49.7 Å². The highest BCUT2D eigenvalue weighted by molar-refractivity contribution is 5.97. The predicted octanol–water partition coefficient (Wildman–Crippen LogP) is 5.01. The third-order valence-corrected chi connectivity index (χ3v) is 5.62. The number of rotatable bonds is 10. The smallest absolute Gasteiger partial charge is 0.255 e. The highest BCUT2D eigenvalue weighted by Crippen LogP contribution is 2.26. The normalized spacial score (nSPS) is 11.7. The average molecular weight is 460 g/mol. The maximum Gasteiger partial charge on any atom is 0.255 e. The lowest BCUT2D eigenvalue weighted by Gasteiger charge is -2.17. The van der Waals surface area contributed by atoms with Crippen molar-refractivity contribution >= 4 is 16.9 Å². The first kappa shape index (κ1) is 23.2. The van der Waals surface area contributed by atoms with E-state index in [1.807, 2.05) is 67.6 Å². The molecule has 1 aromatic heterocycles. The van der Waals surface area contributed by atoms with Crippen molar-refractivity contribution < 1.29 is 19.0 Å². The van der Waals surface area contributed by atoms with Gasteiger partial charge < -0.3 is 24.1 Å². The van der Waals surface area contributed by atoms with E-state index in [9.17, 15) is 4.79 Å². The van der Waals surface area contributed by atoms with Gasteiger partial charge in [0, 0.05) is 6.54 Å². The van der Waals surface area contributed by atoms with Gasteiger partial charge in [0.25, 0.3) is 5.91 Å². The number of hydrogen-bond donors (Lipinski definition) is 1. The van der Waals surface area contributed by atoms with Gasteiger partial charge in [-0.3, -0.25) is 4.79 Å². The van der Waals surface area contributed by atoms with Crippen molar-refractivity contribution in [2.24, 2.45) is 0 Å². The second-order valence-corrected chi connectivity index (χ2v) is 7.86. The first-order valence-corrected chi connectivity index (χ1v) is 11.3. The molecule has 7 nitrogen and oxygen atoms in total. The third-order valence-electron chi connectivity index (χ3n) is 5.62. The van der Waals surface area contributed by atoms with E-state index >= 15 is 0 Å². The first-order chi connectivity index (χ1) is 16.6. The SMILES string of the molecule is COc1ccccc1OCCCn1c(C(C)NC(=O)c2ccccc2OC)nc2ccccc21. The molecule has 0 spiro atoms. The van der Waals surface area contributed by atoms with Gasteiger partial charge in [-0.2, -0.15) is 0 Å². The zero-order chi connectivity index (χ0) is 23.9. The molecule has 176 valence electrons. The maximum absolute atomic E-state index is 13.0. The summed E-state index contributed by atoms with van der Waals surface area (Å²) < 4.78 is 18.8. The minimum Gasteiger partial charge on any atom is -0.496 e. The summed E-state index contributed by atoms with van der Waals surface area (Å²) in [5, 5.41) is 3.07. The van der Waals surface area contributed by atoms with E-state index in [0.717, 1.165) is 29.0 Å². The van der Waals surface area contributed by atoms with Crippen LogP contribution >= 0.6 is 0 Å². The maximum atomic E-state index is 13.0. The van der Waals surface area contributed by atoms with E-state index in [0.29, 0.717) is 30.2 Å². The van der Waals surface area contributed by atoms with E-state index in [2.05, 4.69) is 9.88 Å². The zero-order valence-corrected chi connectivity index (χ0v) is 19.7. The van der Waals surface area contributed by atoms with Crippen molar-refractivity contribution in [2.75, 3.05) is 20.8 Å². The van der Waals surface area contributed by atoms with Crippen molar-refractivity contribution in [3.8, 4) is 17.2 Å². The molecule has 0 aliphatic heterocycles. The summed E-state index contributed by atoms with van der Waals surface area (Å²) in [7, 11) is 3.19. The Kier molecular flexibility index (Phi) is 7.32. The Morgan fingerprint density at radius 3 is 2.32 bits per heavy atom. The molecule has 4 aromatic rings. The molecule has 4 rings (SSSR count). The minimum absolute atomic E-state index is 0.205. The highest BCUT2D eigenvalue weighted by Gasteiger charge is 2.20. The molecule has 1 N–H and O–H groups in total. The molecule has 1 heterocycles. The van der Waals surface area contributed by atoms with E-state index in [1.54, 1.807) is 26.4 Å². The van der Waals surface area contributed by atoms with Crippen LogP contribution in [0.2, 0.25) is 0 Å². The molecule has 0 bridgehead atoms. The van der Waals surface area contributed by atoms with Crippen LogP contribution in [-0.4, -0.2) is 36.3 Å². The lowest BCUT2D eigenvalue weighted by Crippen LogP contribution is -2.29. The summed E-state index contributed by atoms with van der Waals surface area (Å²) in [5.74, 6) is 2.56. The predicted molar refractivity (Wildman–Crippen MR) is 132 cm³/mol. The van der Waals surface area contributed by atoms with Gasteiger partial charge >= 0.3 is 0 Å². The summed E-state index contributed by atoms with van der Waals surface area (Å²) in [6.07, 6.45) is 0.762. The fourth-order valence-corrected chi connectivity index (χ4v) is 3.97. The van der Waals surface area contributed by atoms with Crippen molar-refractivity contribution in [1.82, 2.24) is 14.9 Å². The summed E-state index contributed by atoms with van der Waals surface area (Å²) in [5.41, 5.74) is 2.40. The quantitative estimate of drug-likeness (QED) is 0.337. The van der Waals surface area contributed by atoms with Crippen LogP contribution in [0.4, 0.5) is 0 Å². The number of hydrogen-bond acceptors (Lipinski definition) is 5. The Bertz CT molecular complexity index is 1270. The van der Waals surface area contributed by atoms with Crippen LogP contribution in [0.1, 0.15) is 35.6 Å². The second kappa shape index (κ2) is 10.7. The first-order valence-electron chi connectivity index (χ1n) is 11.3. The fourth-order valence-electron chi connectivity index (χ4n) is 3.97. The van der Waals surface area contributed by atoms with E-state index in [1.165, 1.54) is 0 Å². The average Bonchev–Trinajstić information content (AvgIpc) is 3.25. The van der Waals surface area contributed by atoms with Crippen LogP contribution in [0.15, 0.2) is 72.8 Å². The number of para-hydroxylation sites is 5. The number of nitrogens with zero attached hydrogens (tertiary/aromatic N) is 2. The Hall–Kier alpha value is -4.00. The van der Waals surface area contributed by atoms with Gasteiger partial charge in [0.1, 0.15) is 11.6 Å². The summed E-state index contributed by atoms with van der Waals surface area (Å²) in [6, 6.07) is 22.5. The molecule has 0 radical (unpaired) electrons. The van der Waals surface area contributed by atoms with Crippen LogP contribution in [0.25, 0.3) is 11.0 Å². The molecule has 0 aliphatic rings. The summed E-state index contributed by atoms with van der Waals surface area (Å²) >= 11 is 0. The van der Waals surface area contributed by atoms with Crippen LogP contribution in [0.3, 0.4) is 0 Å². The lowest BCUT2D eigenvalue weighted by atomic mass is 10.1. The van der Waals surface area contributed by atoms with Crippen LogP contribution in [-0.2, 0) is 6.54 Å². The molecule has 0 saturated heterocycles. The summed E-state index contributed by atoms with van der Waals surface area (Å²) in [4.78, 5) is 17.8. The summed E-state index contributed by atoms with van der Waals surface area (Å²) in [6.45, 7) is 3.16. The van der Waals surface area contributed by atoms with Crippen LogP contribution in [0, 0.1) is 0 Å². The lowest BCUT2D eigenvalue weighted by molar-refractivity contribution is 0.0934. The van der Waals surface area contributed by atoms with Gasteiger partial charge in [-0.25, -0.2) is 4.98 Å². The van der Waals surface area contributed by atoms with Gasteiger partial charge in [0.15, 0.2) is 11.5 Å². The molecule has 0 saturated carbocycles. The van der Waals surface area contributed by atoms with Crippen molar-refractivity contribution in [2.45, 2.75) is 25.9 Å². The number of carbonyl (C=O) groups is 1. The molecular weight excluding hydrogens is 430 g/mol. The molecule has 0 aliphatic carbocycles. The number of amides is 1. The molecule has 1 unspecified atom stereocenters. The Morgan fingerprint density at radius 1 is 0.912 bits per heavy atom. The van der Waals surface area contributed by atoms with Gasteiger partial charge in [0.05, 0.1) is 43.5 Å². The van der Waals surface area contributed by atoms with Crippen LogP contribution in [0.5, 0.6) is 17.2 Å². The number of fused-ring (bicyclic) bond motifs is 1. The molecule has 1 atom stereocenters. The largest absolute Gasteiger partial charge is 0.496 e. The molecular formula is C27H29N3O4. The Balaban J connectivity index is 1.50. The van der Waals surface area contributed by atoms with Crippen LogP contribution < -0.4 is 19.5 Å². The topological polar surface area (TPSA) is 74.6 Å². The van der Waals surface area contributed by atoms with Gasteiger partial charge in [-0.1, -0.05) is 36.4 Å². The molecule has 7 heteroatoms. The number of imidazole rings is 1. The number of benzene rings is 3. The molecule has 1 amide bonds.